The second-order valence-electron chi connectivity index (χ2n) is 1.54. The Morgan fingerprint density at radius 2 is 1.82 bits per heavy atom. The van der Waals surface area contributed by atoms with Crippen molar-refractivity contribution in [3.63, 3.8) is 0 Å². The number of rotatable bonds is 3. The summed E-state index contributed by atoms with van der Waals surface area (Å²) in [5.41, 5.74) is 4.84. The number of carbonyl (C=O) groups is 2. The van der Waals surface area contributed by atoms with Crippen molar-refractivity contribution < 1.29 is 75.5 Å². The molecular weight excluding hydrogens is 189 g/mol. The molecule has 0 saturated heterocycles. The molecule has 0 aromatic carbocycles. The van der Waals surface area contributed by atoms with Crippen molar-refractivity contribution in [1.82, 2.24) is 0 Å². The SMILES string of the molecule is NC(CC(=O)O)C(=O)O.[H-].[H-].[H-].[K+].[Mg+2]. The van der Waals surface area contributed by atoms with E-state index in [1.54, 1.807) is 0 Å². The topological polar surface area (TPSA) is 101 Å². The summed E-state index contributed by atoms with van der Waals surface area (Å²) in [7, 11) is 0. The first-order valence-electron chi connectivity index (χ1n) is 2.24. The molecule has 0 aromatic heterocycles. The van der Waals surface area contributed by atoms with E-state index in [4.69, 9.17) is 15.9 Å². The van der Waals surface area contributed by atoms with Crippen molar-refractivity contribution in [1.29, 1.82) is 0 Å². The van der Waals surface area contributed by atoms with Crippen LogP contribution in [0.1, 0.15) is 10.7 Å². The van der Waals surface area contributed by atoms with Gasteiger partial charge in [0.15, 0.2) is 0 Å². The number of carboxylic acid groups (broad SMARTS) is 2. The van der Waals surface area contributed by atoms with Crippen molar-refractivity contribution in [2.75, 3.05) is 0 Å². The van der Waals surface area contributed by atoms with Gasteiger partial charge in [0.1, 0.15) is 6.04 Å². The van der Waals surface area contributed by atoms with Gasteiger partial charge in [0.05, 0.1) is 6.42 Å². The van der Waals surface area contributed by atoms with E-state index in [9.17, 15) is 9.59 Å². The summed E-state index contributed by atoms with van der Waals surface area (Å²) in [6.45, 7) is 0. The number of carboxylic acids is 2. The van der Waals surface area contributed by atoms with E-state index in [0.29, 0.717) is 0 Å². The van der Waals surface area contributed by atoms with Gasteiger partial charge in [-0.2, -0.15) is 0 Å². The molecule has 0 aromatic rings. The van der Waals surface area contributed by atoms with Crippen LogP contribution in [-0.4, -0.2) is 51.2 Å². The summed E-state index contributed by atoms with van der Waals surface area (Å²) in [5, 5.41) is 16.0. The van der Waals surface area contributed by atoms with Gasteiger partial charge >= 0.3 is 86.4 Å². The molecule has 0 fully saturated rings. The van der Waals surface area contributed by atoms with Crippen LogP contribution in [0, 0.1) is 0 Å². The Morgan fingerprint density at radius 3 is 1.91 bits per heavy atom. The molecule has 4 N–H and O–H groups in total. The molecule has 1 atom stereocenters. The third-order valence-corrected chi connectivity index (χ3v) is 0.712. The maximum Gasteiger partial charge on any atom is 2.00 e. The van der Waals surface area contributed by atoms with Gasteiger partial charge in [0.25, 0.3) is 0 Å². The molecule has 0 heterocycles. The zero-order valence-corrected chi connectivity index (χ0v) is 10.8. The summed E-state index contributed by atoms with van der Waals surface area (Å²) in [4.78, 5) is 19.6. The van der Waals surface area contributed by atoms with Gasteiger partial charge in [-0.1, -0.05) is 0 Å². The fourth-order valence-corrected chi connectivity index (χ4v) is 0.275. The predicted octanol–water partition coefficient (Wildman–Crippen LogP) is -4.17. The maximum atomic E-state index is 9.85. The minimum Gasteiger partial charge on any atom is -1.00 e. The molecular formula is C4H10KMgNO4. The standard InChI is InChI=1S/C4H7NO4.K.Mg.3H/c5-2(4(8)9)1-3(6)7;;;;;/h2H,1,5H2,(H,6,7)(H,8,9);;;;;/q;+1;+2;3*-1. The average molecular weight is 200 g/mol. The van der Waals surface area contributed by atoms with Crippen LogP contribution >= 0.6 is 0 Å². The van der Waals surface area contributed by atoms with Gasteiger partial charge in [-0.15, -0.1) is 0 Å². The molecule has 0 aliphatic rings. The number of hydrogen-bond acceptors (Lipinski definition) is 3. The molecule has 11 heavy (non-hydrogen) atoms. The summed E-state index contributed by atoms with van der Waals surface area (Å²) in [6.07, 6.45) is -0.532. The first kappa shape index (κ1) is 18.2. The molecule has 0 rings (SSSR count). The average Bonchev–Trinajstić information content (AvgIpc) is 1.63. The zero-order chi connectivity index (χ0) is 7.44. The van der Waals surface area contributed by atoms with Crippen LogP contribution in [0.15, 0.2) is 0 Å². The monoisotopic (exact) mass is 199 g/mol. The Morgan fingerprint density at radius 1 is 1.45 bits per heavy atom. The fraction of sp³-hybridized carbons (Fsp3) is 0.500. The molecule has 0 radical (unpaired) electrons. The number of aliphatic carboxylic acids is 2. The molecule has 58 valence electrons. The molecule has 5 nitrogen and oxygen atoms in total. The quantitative estimate of drug-likeness (QED) is 0.401. The van der Waals surface area contributed by atoms with Crippen molar-refractivity contribution in [3.05, 3.63) is 0 Å². The smallest absolute Gasteiger partial charge is 1.00 e. The first-order chi connectivity index (χ1) is 4.04. The summed E-state index contributed by atoms with van der Waals surface area (Å²) < 4.78 is 0. The van der Waals surface area contributed by atoms with E-state index >= 15 is 0 Å². The van der Waals surface area contributed by atoms with Crippen molar-refractivity contribution in [2.24, 2.45) is 5.73 Å². The van der Waals surface area contributed by atoms with E-state index in [0.717, 1.165) is 0 Å². The Balaban J connectivity index is -0.0000000320. The third kappa shape index (κ3) is 11.3. The minimum absolute atomic E-state index is 0. The minimum atomic E-state index is -1.29. The van der Waals surface area contributed by atoms with Crippen LogP contribution in [0.5, 0.6) is 0 Å². The fourth-order valence-electron chi connectivity index (χ4n) is 0.275. The molecule has 0 aliphatic heterocycles. The molecule has 1 unspecified atom stereocenters. The molecule has 0 spiro atoms. The second-order valence-corrected chi connectivity index (χ2v) is 1.54. The van der Waals surface area contributed by atoms with E-state index < -0.39 is 24.4 Å². The van der Waals surface area contributed by atoms with E-state index in [2.05, 4.69) is 0 Å². The van der Waals surface area contributed by atoms with Crippen molar-refractivity contribution >= 4 is 35.0 Å². The summed E-state index contributed by atoms with van der Waals surface area (Å²) >= 11 is 0. The summed E-state index contributed by atoms with van der Waals surface area (Å²) in [6, 6.07) is -1.29. The van der Waals surface area contributed by atoms with Gasteiger partial charge in [0, 0.05) is 0 Å². The Bertz CT molecular complexity index is 153. The second kappa shape index (κ2) is 9.39. The van der Waals surface area contributed by atoms with Gasteiger partial charge in [-0.05, 0) is 0 Å². The van der Waals surface area contributed by atoms with Crippen LogP contribution < -0.4 is 57.1 Å². The van der Waals surface area contributed by atoms with Gasteiger partial charge in [-0.25, -0.2) is 0 Å². The van der Waals surface area contributed by atoms with Gasteiger partial charge in [0.2, 0.25) is 0 Å². The normalized spacial score (nSPS) is 10.3. The Hall–Kier alpha value is 1.30. The van der Waals surface area contributed by atoms with Gasteiger partial charge in [-0.3, -0.25) is 9.59 Å². The third-order valence-electron chi connectivity index (χ3n) is 0.712. The molecule has 0 bridgehead atoms. The van der Waals surface area contributed by atoms with Crippen LogP contribution in [0.2, 0.25) is 0 Å². The molecule has 0 aliphatic carbocycles. The van der Waals surface area contributed by atoms with E-state index in [1.807, 2.05) is 0 Å². The Kier molecular flexibility index (Phi) is 15.5. The van der Waals surface area contributed by atoms with E-state index in [-0.39, 0.29) is 78.7 Å². The largest absolute Gasteiger partial charge is 2.00 e. The van der Waals surface area contributed by atoms with Crippen molar-refractivity contribution in [3.8, 4) is 0 Å². The zero-order valence-electron chi connectivity index (χ0n) is 9.28. The maximum absolute atomic E-state index is 9.85. The number of nitrogens with two attached hydrogens (primary N) is 1. The molecule has 0 amide bonds. The van der Waals surface area contributed by atoms with Crippen LogP contribution in [0.25, 0.3) is 0 Å². The Labute approximate surface area is 127 Å². The van der Waals surface area contributed by atoms with Crippen LogP contribution in [-0.2, 0) is 9.59 Å². The summed E-state index contributed by atoms with van der Waals surface area (Å²) in [5.74, 6) is -2.50. The van der Waals surface area contributed by atoms with Gasteiger partial charge < -0.3 is 20.2 Å². The van der Waals surface area contributed by atoms with E-state index in [1.165, 1.54) is 0 Å². The molecule has 0 saturated carbocycles. The van der Waals surface area contributed by atoms with Crippen molar-refractivity contribution in [2.45, 2.75) is 12.5 Å². The van der Waals surface area contributed by atoms with Crippen LogP contribution in [0.4, 0.5) is 0 Å². The predicted molar refractivity (Wildman–Crippen MR) is 37.0 cm³/mol. The molecule has 7 heteroatoms. The first-order valence-corrected chi connectivity index (χ1v) is 2.24. The number of hydrogen-bond donors (Lipinski definition) is 3. The van der Waals surface area contributed by atoms with Crippen LogP contribution in [0.3, 0.4) is 0 Å².